The Morgan fingerprint density at radius 2 is 2.07 bits per heavy atom. The Morgan fingerprint density at radius 1 is 1.29 bits per heavy atom. The maximum atomic E-state index is 8.49. The normalized spacial score (nSPS) is 10.9. The van der Waals surface area contributed by atoms with Gasteiger partial charge in [-0.3, -0.25) is 0 Å². The van der Waals surface area contributed by atoms with Crippen molar-refractivity contribution in [1.82, 2.24) is 9.97 Å². The Kier molecular flexibility index (Phi) is 6.02. The molecule has 0 spiro atoms. The molecule has 0 amide bonds. The lowest BCUT2D eigenvalue weighted by Gasteiger charge is -1.96. The Bertz CT molecular complexity index is 264. The van der Waals surface area contributed by atoms with Crippen LogP contribution in [0.5, 0.6) is 0 Å². The smallest absolute Gasteiger partial charge is 0.187 e. The third-order valence-corrected chi connectivity index (χ3v) is 2.52. The minimum absolute atomic E-state index is 0.134. The Labute approximate surface area is 88.3 Å². The largest absolute Gasteiger partial charge is 0.392 e. The minimum atomic E-state index is 0.134. The second kappa shape index (κ2) is 7.53. The van der Waals surface area contributed by atoms with Crippen LogP contribution in [-0.4, -0.2) is 27.4 Å². The van der Waals surface area contributed by atoms with Gasteiger partial charge in [-0.1, -0.05) is 23.9 Å². The fraction of sp³-hybridized carbons (Fsp3) is 0.400. The SMILES string of the molecule is OCC=CCCCSc1ncccn1. The van der Waals surface area contributed by atoms with Gasteiger partial charge in [-0.15, -0.1) is 0 Å². The molecular formula is C10H14N2OS. The second-order valence-corrected chi connectivity index (χ2v) is 3.74. The zero-order valence-electron chi connectivity index (χ0n) is 7.97. The molecule has 76 valence electrons. The average molecular weight is 210 g/mol. The second-order valence-electron chi connectivity index (χ2n) is 2.68. The van der Waals surface area contributed by atoms with Gasteiger partial charge in [0.05, 0.1) is 6.61 Å². The zero-order chi connectivity index (χ0) is 10.1. The van der Waals surface area contributed by atoms with Gasteiger partial charge in [0.1, 0.15) is 0 Å². The predicted octanol–water partition coefficient (Wildman–Crippen LogP) is 1.90. The Hall–Kier alpha value is -0.870. The van der Waals surface area contributed by atoms with Gasteiger partial charge in [-0.25, -0.2) is 9.97 Å². The first-order chi connectivity index (χ1) is 6.93. The first kappa shape index (κ1) is 11.2. The van der Waals surface area contributed by atoms with E-state index in [0.29, 0.717) is 0 Å². The first-order valence-electron chi connectivity index (χ1n) is 4.59. The van der Waals surface area contributed by atoms with Crippen molar-refractivity contribution in [3.8, 4) is 0 Å². The number of rotatable bonds is 6. The van der Waals surface area contributed by atoms with E-state index in [2.05, 4.69) is 9.97 Å². The van der Waals surface area contributed by atoms with Crippen molar-refractivity contribution >= 4 is 11.8 Å². The molecular weight excluding hydrogens is 196 g/mol. The fourth-order valence-corrected chi connectivity index (χ4v) is 1.68. The summed E-state index contributed by atoms with van der Waals surface area (Å²) in [5.74, 6) is 1.01. The number of thioether (sulfide) groups is 1. The van der Waals surface area contributed by atoms with E-state index in [1.807, 2.05) is 12.1 Å². The molecule has 0 radical (unpaired) electrons. The molecule has 14 heavy (non-hydrogen) atoms. The molecule has 0 saturated heterocycles. The van der Waals surface area contributed by atoms with E-state index in [9.17, 15) is 0 Å². The average Bonchev–Trinajstić information content (AvgIpc) is 2.25. The fourth-order valence-electron chi connectivity index (χ4n) is 0.917. The van der Waals surface area contributed by atoms with Crippen molar-refractivity contribution in [3.63, 3.8) is 0 Å². The van der Waals surface area contributed by atoms with Gasteiger partial charge in [0, 0.05) is 18.1 Å². The number of hydrogen-bond donors (Lipinski definition) is 1. The van der Waals surface area contributed by atoms with Gasteiger partial charge in [-0.2, -0.15) is 0 Å². The number of nitrogens with zero attached hydrogens (tertiary/aromatic N) is 2. The highest BCUT2D eigenvalue weighted by Gasteiger charge is 1.93. The zero-order valence-corrected chi connectivity index (χ0v) is 8.78. The summed E-state index contributed by atoms with van der Waals surface area (Å²) in [6.45, 7) is 0.134. The lowest BCUT2D eigenvalue weighted by Crippen LogP contribution is -1.85. The summed E-state index contributed by atoms with van der Waals surface area (Å²) in [5, 5.41) is 9.32. The van der Waals surface area contributed by atoms with Crippen molar-refractivity contribution in [2.45, 2.75) is 18.0 Å². The molecule has 1 heterocycles. The Morgan fingerprint density at radius 3 is 2.79 bits per heavy atom. The van der Waals surface area contributed by atoms with E-state index in [0.717, 1.165) is 23.8 Å². The standard InChI is InChI=1S/C10H14N2OS/c13-8-3-1-2-4-9-14-10-11-6-5-7-12-10/h1,3,5-7,13H,2,4,8-9H2. The monoisotopic (exact) mass is 210 g/mol. The van der Waals surface area contributed by atoms with Crippen LogP contribution in [0.3, 0.4) is 0 Å². The highest BCUT2D eigenvalue weighted by molar-refractivity contribution is 7.99. The third-order valence-electron chi connectivity index (χ3n) is 1.56. The van der Waals surface area contributed by atoms with E-state index in [1.165, 1.54) is 0 Å². The lowest BCUT2D eigenvalue weighted by atomic mass is 10.3. The number of allylic oxidation sites excluding steroid dienone is 1. The molecule has 0 aliphatic carbocycles. The van der Waals surface area contributed by atoms with E-state index < -0.39 is 0 Å². The molecule has 1 rings (SSSR count). The molecule has 0 aromatic carbocycles. The highest BCUT2D eigenvalue weighted by atomic mass is 32.2. The van der Waals surface area contributed by atoms with Gasteiger partial charge >= 0.3 is 0 Å². The maximum absolute atomic E-state index is 8.49. The topological polar surface area (TPSA) is 46.0 Å². The van der Waals surface area contributed by atoms with Gasteiger partial charge in [0.15, 0.2) is 5.16 Å². The van der Waals surface area contributed by atoms with E-state index >= 15 is 0 Å². The van der Waals surface area contributed by atoms with Gasteiger partial charge < -0.3 is 5.11 Å². The van der Waals surface area contributed by atoms with E-state index in [-0.39, 0.29) is 6.61 Å². The molecule has 0 fully saturated rings. The van der Waals surface area contributed by atoms with Gasteiger partial charge in [0.25, 0.3) is 0 Å². The molecule has 0 aliphatic rings. The number of aliphatic hydroxyl groups excluding tert-OH is 1. The van der Waals surface area contributed by atoms with E-state index in [1.54, 1.807) is 30.2 Å². The maximum Gasteiger partial charge on any atom is 0.187 e. The quantitative estimate of drug-likeness (QED) is 0.337. The summed E-state index contributed by atoms with van der Waals surface area (Å²) in [5.41, 5.74) is 0. The molecule has 0 bridgehead atoms. The first-order valence-corrected chi connectivity index (χ1v) is 5.57. The molecule has 1 N–H and O–H groups in total. The third kappa shape index (κ3) is 4.99. The number of hydrogen-bond acceptors (Lipinski definition) is 4. The molecule has 0 aliphatic heterocycles. The highest BCUT2D eigenvalue weighted by Crippen LogP contribution is 2.12. The van der Waals surface area contributed by atoms with Crippen LogP contribution < -0.4 is 0 Å². The molecule has 1 aromatic heterocycles. The molecule has 0 saturated carbocycles. The van der Waals surface area contributed by atoms with Gasteiger partial charge in [0.2, 0.25) is 0 Å². The number of aliphatic hydroxyl groups is 1. The lowest BCUT2D eigenvalue weighted by molar-refractivity contribution is 0.342. The van der Waals surface area contributed by atoms with Crippen molar-refractivity contribution < 1.29 is 5.11 Å². The van der Waals surface area contributed by atoms with Crippen LogP contribution in [0.25, 0.3) is 0 Å². The molecule has 0 unspecified atom stereocenters. The van der Waals surface area contributed by atoms with Crippen LogP contribution in [-0.2, 0) is 0 Å². The molecule has 0 atom stereocenters. The number of aromatic nitrogens is 2. The van der Waals surface area contributed by atoms with Crippen molar-refractivity contribution in [3.05, 3.63) is 30.6 Å². The van der Waals surface area contributed by atoms with Crippen molar-refractivity contribution in [2.75, 3.05) is 12.4 Å². The minimum Gasteiger partial charge on any atom is -0.392 e. The van der Waals surface area contributed by atoms with Crippen LogP contribution in [0.2, 0.25) is 0 Å². The predicted molar refractivity (Wildman–Crippen MR) is 58.2 cm³/mol. The summed E-state index contributed by atoms with van der Waals surface area (Å²) in [4.78, 5) is 8.21. The molecule has 1 aromatic rings. The van der Waals surface area contributed by atoms with E-state index in [4.69, 9.17) is 5.11 Å². The summed E-state index contributed by atoms with van der Waals surface area (Å²) in [6, 6.07) is 1.81. The summed E-state index contributed by atoms with van der Waals surface area (Å²) in [6.07, 6.45) is 9.35. The Balaban J connectivity index is 2.07. The summed E-state index contributed by atoms with van der Waals surface area (Å²) >= 11 is 1.66. The van der Waals surface area contributed by atoms with Crippen LogP contribution in [0.1, 0.15) is 12.8 Å². The van der Waals surface area contributed by atoms with Crippen molar-refractivity contribution in [1.29, 1.82) is 0 Å². The van der Waals surface area contributed by atoms with Crippen LogP contribution in [0.4, 0.5) is 0 Å². The molecule has 4 heteroatoms. The van der Waals surface area contributed by atoms with Gasteiger partial charge in [-0.05, 0) is 18.9 Å². The van der Waals surface area contributed by atoms with Crippen LogP contribution in [0, 0.1) is 0 Å². The summed E-state index contributed by atoms with van der Waals surface area (Å²) in [7, 11) is 0. The number of unbranched alkanes of at least 4 members (excludes halogenated alkanes) is 1. The van der Waals surface area contributed by atoms with Crippen molar-refractivity contribution in [2.24, 2.45) is 0 Å². The summed E-state index contributed by atoms with van der Waals surface area (Å²) < 4.78 is 0. The molecule has 3 nitrogen and oxygen atoms in total. The van der Waals surface area contributed by atoms with Crippen LogP contribution in [0.15, 0.2) is 35.8 Å². The van der Waals surface area contributed by atoms with Crippen LogP contribution >= 0.6 is 11.8 Å².